The molecule has 1 aromatic heterocycles. The Morgan fingerprint density at radius 1 is 0.625 bits per heavy atom. The van der Waals surface area contributed by atoms with E-state index in [0.717, 1.165) is 44.6 Å². The van der Waals surface area contributed by atoms with Crippen LogP contribution in [-0.2, 0) is 0 Å². The highest BCUT2D eigenvalue weighted by Gasteiger charge is 2.15. The first kappa shape index (κ1) is 19.8. The molecule has 0 saturated heterocycles. The maximum Gasteiger partial charge on any atom is 0.160 e. The van der Waals surface area contributed by atoms with Crippen LogP contribution in [0.15, 0.2) is 109 Å². The second-order valence-corrected chi connectivity index (χ2v) is 8.37. The van der Waals surface area contributed by atoms with Gasteiger partial charge in [-0.25, -0.2) is 0 Å². The van der Waals surface area contributed by atoms with Gasteiger partial charge in [0.15, 0.2) is 6.29 Å². The lowest BCUT2D eigenvalue weighted by Crippen LogP contribution is -2.10. The zero-order valence-corrected chi connectivity index (χ0v) is 18.0. The summed E-state index contributed by atoms with van der Waals surface area (Å²) in [4.78, 5) is 14.8. The number of para-hydroxylation sites is 2. The molecule has 2 nitrogen and oxygen atoms in total. The minimum absolute atomic E-state index is 0.691. The molecule has 1 heterocycles. The Labute approximate surface area is 191 Å². The van der Waals surface area contributed by atoms with E-state index in [1.165, 1.54) is 11.3 Å². The molecule has 0 aliphatic carbocycles. The normalized spacial score (nSPS) is 10.4. The Kier molecular flexibility index (Phi) is 5.53. The molecule has 0 N–H and O–H groups in total. The zero-order chi connectivity index (χ0) is 21.8. The molecule has 3 heteroatoms. The zero-order valence-electron chi connectivity index (χ0n) is 17.2. The van der Waals surface area contributed by atoms with Gasteiger partial charge in [0, 0.05) is 22.3 Å². The first-order chi connectivity index (χ1) is 15.8. The van der Waals surface area contributed by atoms with Crippen LogP contribution in [0, 0.1) is 11.8 Å². The van der Waals surface area contributed by atoms with Gasteiger partial charge in [-0.2, -0.15) is 0 Å². The lowest BCUT2D eigenvalue weighted by molar-refractivity contribution is 0.112. The van der Waals surface area contributed by atoms with Crippen LogP contribution in [0.2, 0.25) is 0 Å². The molecule has 4 aromatic carbocycles. The molecule has 0 radical (unpaired) electrons. The maximum atomic E-state index is 11.0. The Morgan fingerprint density at radius 2 is 1.25 bits per heavy atom. The Hall–Kier alpha value is -4.13. The molecule has 0 saturated carbocycles. The Morgan fingerprint density at radius 3 is 1.88 bits per heavy atom. The number of carbonyl (C=O) groups excluding carboxylic acids is 1. The first-order valence-corrected chi connectivity index (χ1v) is 11.1. The summed E-state index contributed by atoms with van der Waals surface area (Å²) >= 11 is 1.41. The van der Waals surface area contributed by atoms with Crippen molar-refractivity contribution < 1.29 is 4.79 Å². The van der Waals surface area contributed by atoms with Gasteiger partial charge < -0.3 is 4.90 Å². The highest BCUT2D eigenvalue weighted by atomic mass is 32.1. The van der Waals surface area contributed by atoms with E-state index in [4.69, 9.17) is 0 Å². The van der Waals surface area contributed by atoms with E-state index >= 15 is 0 Å². The van der Waals surface area contributed by atoms with Crippen LogP contribution < -0.4 is 4.90 Å². The second kappa shape index (κ2) is 8.93. The molecule has 0 amide bonds. The van der Waals surface area contributed by atoms with Gasteiger partial charge in [0.2, 0.25) is 0 Å². The van der Waals surface area contributed by atoms with Crippen molar-refractivity contribution in [2.75, 3.05) is 4.90 Å². The van der Waals surface area contributed by atoms with Gasteiger partial charge in [-0.15, -0.1) is 11.3 Å². The van der Waals surface area contributed by atoms with Crippen LogP contribution in [0.4, 0.5) is 17.1 Å². The number of anilines is 3. The van der Waals surface area contributed by atoms with Crippen LogP contribution in [0.1, 0.15) is 20.1 Å². The van der Waals surface area contributed by atoms with Crippen molar-refractivity contribution in [1.82, 2.24) is 0 Å². The number of benzene rings is 4. The minimum Gasteiger partial charge on any atom is -0.310 e. The van der Waals surface area contributed by atoms with Crippen LogP contribution in [0.5, 0.6) is 0 Å². The van der Waals surface area contributed by atoms with Gasteiger partial charge in [-0.1, -0.05) is 72.5 Å². The molecular formula is C29H19NOS. The number of aldehydes is 1. The van der Waals surface area contributed by atoms with Crippen molar-refractivity contribution >= 4 is 45.5 Å². The lowest BCUT2D eigenvalue weighted by atomic mass is 10.0. The van der Waals surface area contributed by atoms with Crippen LogP contribution in [0.3, 0.4) is 0 Å². The topological polar surface area (TPSA) is 20.3 Å². The average Bonchev–Trinajstić information content (AvgIpc) is 3.33. The summed E-state index contributed by atoms with van der Waals surface area (Å²) in [6.45, 7) is 0. The van der Waals surface area contributed by atoms with Gasteiger partial charge in [-0.3, -0.25) is 4.79 Å². The predicted molar refractivity (Wildman–Crippen MR) is 134 cm³/mol. The van der Waals surface area contributed by atoms with Crippen molar-refractivity contribution in [1.29, 1.82) is 0 Å². The number of thiophene rings is 1. The third-order valence-electron chi connectivity index (χ3n) is 5.23. The van der Waals surface area contributed by atoms with Crippen LogP contribution >= 0.6 is 11.3 Å². The van der Waals surface area contributed by atoms with E-state index in [1.54, 1.807) is 6.07 Å². The number of rotatable bonds is 4. The SMILES string of the molecule is O=Cc1ccc(C#Cc2ccc(N(c3ccccc3)c3ccccc3)c3ccccc23)s1. The smallest absolute Gasteiger partial charge is 0.160 e. The fraction of sp³-hybridized carbons (Fsp3) is 0. The molecule has 152 valence electrons. The van der Waals surface area contributed by atoms with Crippen LogP contribution in [-0.4, -0.2) is 6.29 Å². The lowest BCUT2D eigenvalue weighted by Gasteiger charge is -2.27. The molecular weight excluding hydrogens is 410 g/mol. The van der Waals surface area contributed by atoms with Gasteiger partial charge in [0.1, 0.15) is 0 Å². The minimum atomic E-state index is 0.691. The summed E-state index contributed by atoms with van der Waals surface area (Å²) in [6.07, 6.45) is 0.863. The van der Waals surface area contributed by atoms with Crippen molar-refractivity contribution in [3.05, 3.63) is 125 Å². The quantitative estimate of drug-likeness (QED) is 0.217. The third kappa shape index (κ3) is 3.92. The second-order valence-electron chi connectivity index (χ2n) is 7.25. The number of carbonyl (C=O) groups is 1. The molecule has 0 spiro atoms. The third-order valence-corrected chi connectivity index (χ3v) is 6.16. The number of nitrogens with zero attached hydrogens (tertiary/aromatic N) is 1. The van der Waals surface area contributed by atoms with Gasteiger partial charge in [-0.05, 0) is 53.9 Å². The monoisotopic (exact) mass is 429 g/mol. The van der Waals surface area contributed by atoms with Crippen molar-refractivity contribution in [2.24, 2.45) is 0 Å². The standard InChI is InChI=1S/C29H19NOS/c31-21-26-19-18-25(32-26)17-15-22-16-20-29(28-14-8-7-13-27(22)28)30(23-9-3-1-4-10-23)24-11-5-2-6-12-24/h1-14,16,18-21H. The largest absolute Gasteiger partial charge is 0.310 e. The summed E-state index contributed by atoms with van der Waals surface area (Å²) in [7, 11) is 0. The van der Waals surface area contributed by atoms with Gasteiger partial charge in [0.05, 0.1) is 15.4 Å². The summed E-state index contributed by atoms with van der Waals surface area (Å²) in [5.41, 5.74) is 4.26. The van der Waals surface area contributed by atoms with Gasteiger partial charge >= 0.3 is 0 Å². The predicted octanol–water partition coefficient (Wildman–Crippen LogP) is 7.58. The molecule has 0 fully saturated rings. The van der Waals surface area contributed by atoms with E-state index in [0.29, 0.717) is 4.88 Å². The van der Waals surface area contributed by atoms with E-state index in [2.05, 4.69) is 95.6 Å². The highest BCUT2D eigenvalue weighted by molar-refractivity contribution is 7.14. The Balaban J connectivity index is 1.66. The van der Waals surface area contributed by atoms with Crippen molar-refractivity contribution in [3.8, 4) is 11.8 Å². The molecule has 0 unspecified atom stereocenters. The van der Waals surface area contributed by atoms with Gasteiger partial charge in [0.25, 0.3) is 0 Å². The number of hydrogen-bond donors (Lipinski definition) is 0. The molecule has 32 heavy (non-hydrogen) atoms. The van der Waals surface area contributed by atoms with Crippen molar-refractivity contribution in [2.45, 2.75) is 0 Å². The summed E-state index contributed by atoms with van der Waals surface area (Å²) in [5, 5.41) is 2.23. The van der Waals surface area contributed by atoms with Crippen molar-refractivity contribution in [3.63, 3.8) is 0 Å². The van der Waals surface area contributed by atoms with E-state index < -0.39 is 0 Å². The average molecular weight is 430 g/mol. The molecule has 0 aliphatic rings. The summed E-state index contributed by atoms with van der Waals surface area (Å²) in [5.74, 6) is 6.53. The van der Waals surface area contributed by atoms with Crippen LogP contribution in [0.25, 0.3) is 10.8 Å². The summed E-state index contributed by atoms with van der Waals surface area (Å²) in [6, 6.07) is 37.1. The maximum absolute atomic E-state index is 11.0. The first-order valence-electron chi connectivity index (χ1n) is 10.3. The number of fused-ring (bicyclic) bond motifs is 1. The molecule has 0 bridgehead atoms. The fourth-order valence-corrected chi connectivity index (χ4v) is 4.46. The number of hydrogen-bond acceptors (Lipinski definition) is 3. The van der Waals surface area contributed by atoms with E-state index in [1.807, 2.05) is 24.3 Å². The summed E-state index contributed by atoms with van der Waals surface area (Å²) < 4.78 is 0. The fourth-order valence-electron chi connectivity index (χ4n) is 3.78. The molecule has 5 aromatic rings. The molecule has 5 rings (SSSR count). The van der Waals surface area contributed by atoms with E-state index in [-0.39, 0.29) is 0 Å². The Bertz CT molecular complexity index is 1400. The highest BCUT2D eigenvalue weighted by Crippen LogP contribution is 2.39. The van der Waals surface area contributed by atoms with E-state index in [9.17, 15) is 4.79 Å². The molecule has 0 aliphatic heterocycles. The molecule has 0 atom stereocenters.